The van der Waals surface area contributed by atoms with Crippen LogP contribution in [0.2, 0.25) is 0 Å². The molecule has 0 N–H and O–H groups in total. The van der Waals surface area contributed by atoms with Gasteiger partial charge in [0.25, 0.3) is 0 Å². The third kappa shape index (κ3) is 2.12. The van der Waals surface area contributed by atoms with Crippen LogP contribution in [0.15, 0.2) is 35.9 Å². The molecule has 0 bridgehead atoms. The van der Waals surface area contributed by atoms with E-state index in [0.717, 1.165) is 23.1 Å². The molecule has 1 aliphatic rings. The van der Waals surface area contributed by atoms with Crippen LogP contribution in [-0.4, -0.2) is 19.9 Å². The predicted octanol–water partition coefficient (Wildman–Crippen LogP) is 2.28. The van der Waals surface area contributed by atoms with Crippen LogP contribution in [0.3, 0.4) is 0 Å². The molecule has 15 heavy (non-hydrogen) atoms. The Labute approximate surface area is 90.6 Å². The highest BCUT2D eigenvalue weighted by Crippen LogP contribution is 2.29. The summed E-state index contributed by atoms with van der Waals surface area (Å²) in [6, 6.07) is 9.79. The molecule has 80 valence electrons. The molecule has 0 saturated carbocycles. The van der Waals surface area contributed by atoms with Gasteiger partial charge in [-0.05, 0) is 17.6 Å². The minimum Gasteiger partial charge on any atom is -0.228 e. The zero-order valence-corrected chi connectivity index (χ0v) is 9.55. The Bertz CT molecular complexity index is 484. The summed E-state index contributed by atoms with van der Waals surface area (Å²) in [5, 5.41) is 0. The van der Waals surface area contributed by atoms with Crippen LogP contribution < -0.4 is 0 Å². The summed E-state index contributed by atoms with van der Waals surface area (Å²) in [5.74, 6) is 0.452. The lowest BCUT2D eigenvalue weighted by Gasteiger charge is -2.03. The number of hydrogen-bond acceptors (Lipinski definition) is 2. The summed E-state index contributed by atoms with van der Waals surface area (Å²) < 4.78 is 23.1. The first-order valence-electron chi connectivity index (χ1n) is 5.09. The molecule has 1 aliphatic heterocycles. The molecule has 0 unspecified atom stereocenters. The van der Waals surface area contributed by atoms with Crippen molar-refractivity contribution in [1.29, 1.82) is 0 Å². The Morgan fingerprint density at radius 3 is 2.40 bits per heavy atom. The summed E-state index contributed by atoms with van der Waals surface area (Å²) in [4.78, 5) is 0. The molecule has 0 saturated heterocycles. The fourth-order valence-electron chi connectivity index (χ4n) is 1.97. The molecule has 0 radical (unpaired) electrons. The van der Waals surface area contributed by atoms with Gasteiger partial charge < -0.3 is 0 Å². The van der Waals surface area contributed by atoms with Crippen LogP contribution in [-0.2, 0) is 9.84 Å². The molecular formula is C12H14O2S. The van der Waals surface area contributed by atoms with Crippen LogP contribution in [0.25, 0.3) is 5.57 Å². The third-order valence-electron chi connectivity index (χ3n) is 2.73. The maximum Gasteiger partial charge on any atom is 0.158 e. The first-order chi connectivity index (χ1) is 7.12. The fraction of sp³-hybridized carbons (Fsp3) is 0.333. The largest absolute Gasteiger partial charge is 0.228 e. The van der Waals surface area contributed by atoms with Crippen molar-refractivity contribution in [2.75, 3.05) is 11.5 Å². The highest BCUT2D eigenvalue weighted by Gasteiger charge is 2.26. The SMILES string of the molecule is CCC1=C(c2ccccc2)CS(=O)(=O)C1. The van der Waals surface area contributed by atoms with Crippen molar-refractivity contribution >= 4 is 15.4 Å². The minimum absolute atomic E-state index is 0.209. The molecule has 0 spiro atoms. The zero-order valence-electron chi connectivity index (χ0n) is 8.73. The zero-order chi connectivity index (χ0) is 10.9. The first-order valence-corrected chi connectivity index (χ1v) is 6.91. The van der Waals surface area contributed by atoms with Crippen LogP contribution in [0.1, 0.15) is 18.9 Å². The van der Waals surface area contributed by atoms with E-state index in [-0.39, 0.29) is 11.5 Å². The van der Waals surface area contributed by atoms with Crippen molar-refractivity contribution in [1.82, 2.24) is 0 Å². The normalized spacial score (nSPS) is 19.5. The van der Waals surface area contributed by atoms with E-state index < -0.39 is 9.84 Å². The summed E-state index contributed by atoms with van der Waals surface area (Å²) in [6.07, 6.45) is 0.823. The van der Waals surface area contributed by atoms with E-state index in [4.69, 9.17) is 0 Å². The Kier molecular flexibility index (Phi) is 2.65. The van der Waals surface area contributed by atoms with Gasteiger partial charge in [0, 0.05) is 0 Å². The number of sulfone groups is 1. The molecule has 0 fully saturated rings. The van der Waals surface area contributed by atoms with E-state index in [1.165, 1.54) is 0 Å². The smallest absolute Gasteiger partial charge is 0.158 e. The molecule has 2 nitrogen and oxygen atoms in total. The number of rotatable bonds is 2. The Hall–Kier alpha value is -1.09. The van der Waals surface area contributed by atoms with Gasteiger partial charge in [-0.25, -0.2) is 8.42 Å². The molecule has 1 aromatic carbocycles. The highest BCUT2D eigenvalue weighted by atomic mass is 32.2. The van der Waals surface area contributed by atoms with Crippen molar-refractivity contribution in [3.63, 3.8) is 0 Å². The van der Waals surface area contributed by atoms with E-state index in [2.05, 4.69) is 0 Å². The first kappa shape index (κ1) is 10.4. The lowest BCUT2D eigenvalue weighted by Crippen LogP contribution is -2.03. The molecule has 3 heteroatoms. The van der Waals surface area contributed by atoms with E-state index in [0.29, 0.717) is 0 Å². The van der Waals surface area contributed by atoms with Gasteiger partial charge in [0.05, 0.1) is 11.5 Å². The van der Waals surface area contributed by atoms with Gasteiger partial charge >= 0.3 is 0 Å². The molecule has 1 aromatic rings. The maximum atomic E-state index is 11.5. The molecule has 0 amide bonds. The van der Waals surface area contributed by atoms with Crippen LogP contribution >= 0.6 is 0 Å². The maximum absolute atomic E-state index is 11.5. The topological polar surface area (TPSA) is 34.1 Å². The van der Waals surface area contributed by atoms with Gasteiger partial charge in [-0.15, -0.1) is 0 Å². The van der Waals surface area contributed by atoms with E-state index >= 15 is 0 Å². The van der Waals surface area contributed by atoms with Gasteiger partial charge in [0.2, 0.25) is 0 Å². The molecule has 0 atom stereocenters. The van der Waals surface area contributed by atoms with Gasteiger partial charge in [0.1, 0.15) is 0 Å². The number of hydrogen-bond donors (Lipinski definition) is 0. The summed E-state index contributed by atoms with van der Waals surface area (Å²) in [5.41, 5.74) is 3.13. The fourth-order valence-corrected chi connectivity index (χ4v) is 3.79. The van der Waals surface area contributed by atoms with E-state index in [1.807, 2.05) is 37.3 Å². The Balaban J connectivity index is 2.44. The number of benzene rings is 1. The molecular weight excluding hydrogens is 208 g/mol. The molecule has 0 aliphatic carbocycles. The summed E-state index contributed by atoms with van der Waals surface area (Å²) >= 11 is 0. The Morgan fingerprint density at radius 2 is 1.80 bits per heavy atom. The van der Waals surface area contributed by atoms with Gasteiger partial charge in [-0.3, -0.25) is 0 Å². The van der Waals surface area contributed by atoms with Crippen molar-refractivity contribution < 1.29 is 8.42 Å². The second kappa shape index (κ2) is 3.81. The quantitative estimate of drug-likeness (QED) is 0.769. The molecule has 0 aromatic heterocycles. The van der Waals surface area contributed by atoms with Crippen molar-refractivity contribution in [3.05, 3.63) is 41.5 Å². The minimum atomic E-state index is -2.88. The predicted molar refractivity (Wildman–Crippen MR) is 62.3 cm³/mol. The van der Waals surface area contributed by atoms with Crippen molar-refractivity contribution in [2.24, 2.45) is 0 Å². The Morgan fingerprint density at radius 1 is 1.13 bits per heavy atom. The van der Waals surface area contributed by atoms with Crippen LogP contribution in [0.5, 0.6) is 0 Å². The lowest BCUT2D eigenvalue weighted by molar-refractivity contribution is 0.603. The van der Waals surface area contributed by atoms with Gasteiger partial charge in [-0.1, -0.05) is 42.8 Å². The average molecular weight is 222 g/mol. The molecule has 2 rings (SSSR count). The molecule has 1 heterocycles. The van der Waals surface area contributed by atoms with Gasteiger partial charge in [-0.2, -0.15) is 0 Å². The van der Waals surface area contributed by atoms with Crippen molar-refractivity contribution in [2.45, 2.75) is 13.3 Å². The van der Waals surface area contributed by atoms with Crippen LogP contribution in [0, 0.1) is 0 Å². The van der Waals surface area contributed by atoms with Crippen LogP contribution in [0.4, 0.5) is 0 Å². The second-order valence-corrected chi connectivity index (χ2v) is 5.90. The third-order valence-corrected chi connectivity index (χ3v) is 4.25. The monoisotopic (exact) mass is 222 g/mol. The summed E-state index contributed by atoms with van der Waals surface area (Å²) in [6.45, 7) is 2.01. The van der Waals surface area contributed by atoms with Gasteiger partial charge in [0.15, 0.2) is 9.84 Å². The summed E-state index contributed by atoms with van der Waals surface area (Å²) in [7, 11) is -2.88. The van der Waals surface area contributed by atoms with Crippen molar-refractivity contribution in [3.8, 4) is 0 Å². The highest BCUT2D eigenvalue weighted by molar-refractivity contribution is 7.92. The average Bonchev–Trinajstić information content (AvgIpc) is 2.55. The lowest BCUT2D eigenvalue weighted by atomic mass is 10.0. The van der Waals surface area contributed by atoms with E-state index in [1.54, 1.807) is 0 Å². The second-order valence-electron chi connectivity index (χ2n) is 3.83. The standard InChI is InChI=1S/C12H14O2S/c1-2-10-8-15(13,14)9-12(10)11-6-4-3-5-7-11/h3-7H,2,8-9H2,1H3. The van der Waals surface area contributed by atoms with E-state index in [9.17, 15) is 8.42 Å².